The van der Waals surface area contributed by atoms with Crippen LogP contribution in [0.4, 0.5) is 5.82 Å². The van der Waals surface area contributed by atoms with Gasteiger partial charge in [0.2, 0.25) is 0 Å². The smallest absolute Gasteiger partial charge is 0.165 e. The summed E-state index contributed by atoms with van der Waals surface area (Å²) in [6.07, 6.45) is 4.08. The summed E-state index contributed by atoms with van der Waals surface area (Å²) in [7, 11) is 0. The van der Waals surface area contributed by atoms with Gasteiger partial charge in [-0.05, 0) is 25.3 Å². The maximum atomic E-state index is 10.5. The molecule has 2 atom stereocenters. The van der Waals surface area contributed by atoms with Gasteiger partial charge in [0.15, 0.2) is 11.5 Å². The first-order valence-corrected chi connectivity index (χ1v) is 7.32. The Labute approximate surface area is 140 Å². The van der Waals surface area contributed by atoms with Crippen LogP contribution in [0.15, 0.2) is 43.0 Å². The molecule has 0 bridgehead atoms. The number of anilines is 1. The van der Waals surface area contributed by atoms with Crippen molar-refractivity contribution in [2.45, 2.75) is 31.9 Å². The molecule has 6 nitrogen and oxygen atoms in total. The fourth-order valence-corrected chi connectivity index (χ4v) is 2.55. The molecular formula is C16H20ClN5O. The molecular weight excluding hydrogens is 314 g/mol. The number of fused-ring (bicyclic) bond motifs is 1. The van der Waals surface area contributed by atoms with Crippen LogP contribution in [0.25, 0.3) is 11.2 Å². The van der Waals surface area contributed by atoms with Gasteiger partial charge in [0.05, 0.1) is 18.5 Å². The van der Waals surface area contributed by atoms with Crippen molar-refractivity contribution in [3.05, 3.63) is 48.5 Å². The lowest BCUT2D eigenvalue weighted by atomic mass is 10.0. The van der Waals surface area contributed by atoms with E-state index in [1.807, 2.05) is 29.7 Å². The third kappa shape index (κ3) is 3.60. The molecule has 3 N–H and O–H groups in total. The van der Waals surface area contributed by atoms with E-state index in [0.29, 0.717) is 23.4 Å². The molecule has 0 fully saturated rings. The summed E-state index contributed by atoms with van der Waals surface area (Å²) in [6, 6.07) is 10.0. The molecule has 0 amide bonds. The van der Waals surface area contributed by atoms with Crippen LogP contribution in [0.1, 0.15) is 24.9 Å². The molecule has 0 spiro atoms. The Kier molecular flexibility index (Phi) is 5.52. The van der Waals surface area contributed by atoms with Gasteiger partial charge in [-0.15, -0.1) is 12.4 Å². The second-order valence-corrected chi connectivity index (χ2v) is 5.42. The van der Waals surface area contributed by atoms with Gasteiger partial charge < -0.3 is 15.4 Å². The highest BCUT2D eigenvalue weighted by molar-refractivity contribution is 5.85. The first-order valence-electron chi connectivity index (χ1n) is 7.32. The Morgan fingerprint density at radius 2 is 1.91 bits per heavy atom. The lowest BCUT2D eigenvalue weighted by molar-refractivity contribution is 0.113. The number of aromatic nitrogens is 4. The van der Waals surface area contributed by atoms with Crippen molar-refractivity contribution in [3.63, 3.8) is 0 Å². The SMILES string of the molecule is C[C@H]([C@@H](O)CCc1ccccc1)n1cnc2c(N)ncnc21.Cl. The molecule has 7 heteroatoms. The van der Waals surface area contributed by atoms with Crippen molar-refractivity contribution in [1.82, 2.24) is 19.5 Å². The first-order chi connectivity index (χ1) is 10.7. The maximum Gasteiger partial charge on any atom is 0.165 e. The minimum absolute atomic E-state index is 0. The van der Waals surface area contributed by atoms with Crippen LogP contribution in [0.3, 0.4) is 0 Å². The quantitative estimate of drug-likeness (QED) is 0.748. The largest absolute Gasteiger partial charge is 0.391 e. The van der Waals surface area contributed by atoms with Gasteiger partial charge >= 0.3 is 0 Å². The zero-order valence-corrected chi connectivity index (χ0v) is 13.6. The lowest BCUT2D eigenvalue weighted by Crippen LogP contribution is -2.22. The fourth-order valence-electron chi connectivity index (χ4n) is 2.55. The second-order valence-electron chi connectivity index (χ2n) is 5.42. The number of benzene rings is 1. The summed E-state index contributed by atoms with van der Waals surface area (Å²) < 4.78 is 1.85. The molecule has 3 rings (SSSR count). The minimum atomic E-state index is -0.492. The molecule has 0 saturated carbocycles. The highest BCUT2D eigenvalue weighted by Crippen LogP contribution is 2.22. The highest BCUT2D eigenvalue weighted by Gasteiger charge is 2.19. The Hall–Kier alpha value is -2.18. The van der Waals surface area contributed by atoms with E-state index in [9.17, 15) is 5.11 Å². The van der Waals surface area contributed by atoms with Gasteiger partial charge in [-0.2, -0.15) is 0 Å². The zero-order valence-electron chi connectivity index (χ0n) is 12.8. The van der Waals surface area contributed by atoms with Gasteiger partial charge in [-0.3, -0.25) is 0 Å². The van der Waals surface area contributed by atoms with Crippen molar-refractivity contribution in [1.29, 1.82) is 0 Å². The van der Waals surface area contributed by atoms with E-state index >= 15 is 0 Å². The molecule has 0 aliphatic heterocycles. The van der Waals surface area contributed by atoms with Crippen molar-refractivity contribution in [2.75, 3.05) is 5.73 Å². The van der Waals surface area contributed by atoms with E-state index in [4.69, 9.17) is 5.73 Å². The van der Waals surface area contributed by atoms with Crippen molar-refractivity contribution in [2.24, 2.45) is 0 Å². The zero-order chi connectivity index (χ0) is 15.5. The van der Waals surface area contributed by atoms with Gasteiger partial charge in [0.25, 0.3) is 0 Å². The van der Waals surface area contributed by atoms with Gasteiger partial charge in [0.1, 0.15) is 11.8 Å². The molecule has 0 radical (unpaired) electrons. The number of aliphatic hydroxyl groups is 1. The van der Waals surface area contributed by atoms with E-state index in [-0.39, 0.29) is 18.4 Å². The molecule has 122 valence electrons. The summed E-state index contributed by atoms with van der Waals surface area (Å²) in [5.41, 5.74) is 8.23. The van der Waals surface area contributed by atoms with Crippen LogP contribution in [0, 0.1) is 0 Å². The van der Waals surface area contributed by atoms with Gasteiger partial charge in [-0.1, -0.05) is 30.3 Å². The standard InChI is InChI=1S/C16H19N5O.ClH/c1-11(13(22)8-7-12-5-3-2-4-6-12)21-10-20-14-15(17)18-9-19-16(14)21;/h2-6,9-11,13,22H,7-8H2,1H3,(H2,17,18,19);1H/t11-,13+;/m1./s1. The molecule has 0 saturated heterocycles. The molecule has 0 unspecified atom stereocenters. The van der Waals surface area contributed by atoms with Crippen molar-refractivity contribution < 1.29 is 5.11 Å². The van der Waals surface area contributed by atoms with Crippen molar-refractivity contribution >= 4 is 29.4 Å². The number of nitrogens with zero attached hydrogens (tertiary/aromatic N) is 4. The summed E-state index contributed by atoms with van der Waals surface area (Å²) in [5.74, 6) is 0.356. The van der Waals surface area contributed by atoms with E-state index in [1.54, 1.807) is 6.33 Å². The Bertz CT molecular complexity index is 762. The summed E-state index contributed by atoms with van der Waals surface area (Å²) in [6.45, 7) is 1.95. The van der Waals surface area contributed by atoms with Crippen molar-refractivity contribution in [3.8, 4) is 0 Å². The lowest BCUT2D eigenvalue weighted by Gasteiger charge is -2.20. The molecule has 2 heterocycles. The second kappa shape index (κ2) is 7.39. The van der Waals surface area contributed by atoms with Crippen LogP contribution in [0.5, 0.6) is 0 Å². The number of aliphatic hydroxyl groups excluding tert-OH is 1. The van der Waals surface area contributed by atoms with Gasteiger partial charge in [-0.25, -0.2) is 15.0 Å². The number of hydrogen-bond donors (Lipinski definition) is 2. The van der Waals surface area contributed by atoms with E-state index in [0.717, 1.165) is 6.42 Å². The van der Waals surface area contributed by atoms with E-state index in [2.05, 4.69) is 27.1 Å². The monoisotopic (exact) mass is 333 g/mol. The van der Waals surface area contributed by atoms with E-state index in [1.165, 1.54) is 11.9 Å². The topological polar surface area (TPSA) is 89.8 Å². The number of nitrogens with two attached hydrogens (primary N) is 1. The Morgan fingerprint density at radius 1 is 1.17 bits per heavy atom. The molecule has 23 heavy (non-hydrogen) atoms. The third-order valence-electron chi connectivity index (χ3n) is 3.95. The molecule has 0 aliphatic carbocycles. The van der Waals surface area contributed by atoms with Crippen LogP contribution < -0.4 is 5.73 Å². The fraction of sp³-hybridized carbons (Fsp3) is 0.312. The third-order valence-corrected chi connectivity index (χ3v) is 3.95. The maximum absolute atomic E-state index is 10.5. The minimum Gasteiger partial charge on any atom is -0.391 e. The number of rotatable bonds is 5. The molecule has 2 aromatic heterocycles. The highest BCUT2D eigenvalue weighted by atomic mass is 35.5. The van der Waals surface area contributed by atoms with Gasteiger partial charge in [0, 0.05) is 0 Å². The average Bonchev–Trinajstić information content (AvgIpc) is 2.98. The number of imidazole rings is 1. The van der Waals surface area contributed by atoms with Crippen LogP contribution in [-0.2, 0) is 6.42 Å². The number of hydrogen-bond acceptors (Lipinski definition) is 5. The van der Waals surface area contributed by atoms with Crippen LogP contribution in [0.2, 0.25) is 0 Å². The number of nitrogen functional groups attached to an aromatic ring is 1. The normalized spacial score (nSPS) is 13.5. The first kappa shape index (κ1) is 17.2. The number of halogens is 1. The average molecular weight is 334 g/mol. The molecule has 3 aromatic rings. The Balaban J connectivity index is 0.00000192. The summed E-state index contributed by atoms with van der Waals surface area (Å²) >= 11 is 0. The molecule has 0 aliphatic rings. The van der Waals surface area contributed by atoms with Crippen LogP contribution in [-0.4, -0.2) is 30.7 Å². The summed E-state index contributed by atoms with van der Waals surface area (Å²) in [4.78, 5) is 12.4. The Morgan fingerprint density at radius 3 is 2.65 bits per heavy atom. The predicted molar refractivity (Wildman–Crippen MR) is 92.5 cm³/mol. The molecule has 1 aromatic carbocycles. The van der Waals surface area contributed by atoms with E-state index < -0.39 is 6.10 Å². The predicted octanol–water partition coefficient (Wildman–Crippen LogP) is 2.39. The van der Waals surface area contributed by atoms with Crippen LogP contribution >= 0.6 is 12.4 Å². The number of aryl methyl sites for hydroxylation is 1. The summed E-state index contributed by atoms with van der Waals surface area (Å²) in [5, 5.41) is 10.5.